The molecule has 1 amide bonds. The van der Waals surface area contributed by atoms with Gasteiger partial charge in [-0.3, -0.25) is 4.79 Å². The van der Waals surface area contributed by atoms with Crippen molar-refractivity contribution >= 4 is 27.8 Å². The van der Waals surface area contributed by atoms with Crippen LogP contribution in [0.4, 0.5) is 0 Å². The van der Waals surface area contributed by atoms with Gasteiger partial charge in [0.2, 0.25) is 5.91 Å². The third kappa shape index (κ3) is 6.19. The first-order valence-corrected chi connectivity index (χ1v) is 7.21. The quantitative estimate of drug-likeness (QED) is 0.856. The molecule has 20 heavy (non-hydrogen) atoms. The fraction of sp³-hybridized carbons (Fsp3) is 0.467. The van der Waals surface area contributed by atoms with Crippen molar-refractivity contribution in [3.63, 3.8) is 0 Å². The van der Waals surface area contributed by atoms with Crippen LogP contribution in [0.2, 0.25) is 0 Å². The van der Waals surface area contributed by atoms with E-state index < -0.39 is 17.6 Å². The highest BCUT2D eigenvalue weighted by atomic mass is 79.9. The van der Waals surface area contributed by atoms with E-state index in [0.717, 1.165) is 10.0 Å². The number of benzene rings is 1. The van der Waals surface area contributed by atoms with Gasteiger partial charge in [-0.15, -0.1) is 0 Å². The van der Waals surface area contributed by atoms with Crippen LogP contribution in [0.15, 0.2) is 28.7 Å². The molecule has 0 aromatic heterocycles. The van der Waals surface area contributed by atoms with Gasteiger partial charge in [0, 0.05) is 17.8 Å². The maximum Gasteiger partial charge on any atom is 0.329 e. The number of halogens is 1. The van der Waals surface area contributed by atoms with E-state index in [9.17, 15) is 9.59 Å². The van der Waals surface area contributed by atoms with E-state index in [1.165, 1.54) is 6.92 Å². The summed E-state index contributed by atoms with van der Waals surface area (Å²) in [7, 11) is 0. The summed E-state index contributed by atoms with van der Waals surface area (Å²) in [4.78, 5) is 23.4. The summed E-state index contributed by atoms with van der Waals surface area (Å²) >= 11 is 3.36. The first-order chi connectivity index (χ1) is 9.17. The predicted octanol–water partition coefficient (Wildman–Crippen LogP) is 2.84. The van der Waals surface area contributed by atoms with E-state index in [1.807, 2.05) is 24.3 Å². The number of ether oxygens (including phenoxy) is 1. The Morgan fingerprint density at radius 3 is 2.25 bits per heavy atom. The number of amides is 1. The number of esters is 1. The van der Waals surface area contributed by atoms with Crippen molar-refractivity contribution in [2.75, 3.05) is 0 Å². The van der Waals surface area contributed by atoms with Gasteiger partial charge in [-0.1, -0.05) is 28.1 Å². The van der Waals surface area contributed by atoms with Crippen molar-refractivity contribution in [2.45, 2.75) is 45.8 Å². The molecule has 1 atom stereocenters. The molecule has 5 heteroatoms. The second-order valence-electron chi connectivity index (χ2n) is 5.62. The van der Waals surface area contributed by atoms with Crippen molar-refractivity contribution in [3.05, 3.63) is 34.3 Å². The molecule has 110 valence electrons. The molecule has 1 rings (SSSR count). The Kier molecular flexibility index (Phi) is 5.74. The summed E-state index contributed by atoms with van der Waals surface area (Å²) in [5, 5.41) is 2.64. The van der Waals surface area contributed by atoms with E-state index in [-0.39, 0.29) is 5.91 Å². The Bertz CT molecular complexity index is 477. The van der Waals surface area contributed by atoms with E-state index in [2.05, 4.69) is 21.2 Å². The van der Waals surface area contributed by atoms with Gasteiger partial charge in [-0.2, -0.15) is 0 Å². The lowest BCUT2D eigenvalue weighted by molar-refractivity contribution is -0.158. The fourth-order valence-electron chi connectivity index (χ4n) is 1.67. The van der Waals surface area contributed by atoms with Gasteiger partial charge in [0.25, 0.3) is 0 Å². The molecule has 0 aliphatic carbocycles. The van der Waals surface area contributed by atoms with Gasteiger partial charge in [-0.25, -0.2) is 4.79 Å². The van der Waals surface area contributed by atoms with Crippen molar-refractivity contribution in [3.8, 4) is 0 Å². The molecule has 0 heterocycles. The summed E-state index contributed by atoms with van der Waals surface area (Å²) in [5.41, 5.74) is 0.380. The van der Waals surface area contributed by atoms with E-state index in [4.69, 9.17) is 4.74 Å². The first-order valence-electron chi connectivity index (χ1n) is 6.42. The summed E-state index contributed by atoms with van der Waals surface area (Å²) in [6.07, 6.45) is 0.405. The molecular weight excluding hydrogens is 322 g/mol. The average molecular weight is 342 g/mol. The maximum atomic E-state index is 12.1. The van der Waals surface area contributed by atoms with Gasteiger partial charge in [0.15, 0.2) is 0 Å². The maximum absolute atomic E-state index is 12.1. The number of rotatable bonds is 4. The normalized spacial score (nSPS) is 12.7. The standard InChI is InChI=1S/C15H20BrNO3/c1-10(18)17-13(14(19)20-15(2,3)4)9-11-5-7-12(16)8-6-11/h5-8,13H,9H2,1-4H3,(H,17,18). The van der Waals surface area contributed by atoms with Crippen molar-refractivity contribution < 1.29 is 14.3 Å². The number of hydrogen-bond acceptors (Lipinski definition) is 3. The first kappa shape index (κ1) is 16.7. The van der Waals surface area contributed by atoms with Crippen LogP contribution in [0.5, 0.6) is 0 Å². The van der Waals surface area contributed by atoms with Crippen LogP contribution in [-0.2, 0) is 20.7 Å². The second kappa shape index (κ2) is 6.88. The van der Waals surface area contributed by atoms with Gasteiger partial charge in [-0.05, 0) is 38.5 Å². The average Bonchev–Trinajstić information content (AvgIpc) is 2.28. The molecule has 1 unspecified atom stereocenters. The van der Waals surface area contributed by atoms with Gasteiger partial charge >= 0.3 is 5.97 Å². The number of nitrogens with one attached hydrogen (secondary N) is 1. The molecule has 0 fully saturated rings. The molecule has 4 nitrogen and oxygen atoms in total. The van der Waals surface area contributed by atoms with E-state index in [1.54, 1.807) is 20.8 Å². The van der Waals surface area contributed by atoms with Crippen LogP contribution >= 0.6 is 15.9 Å². The molecule has 0 saturated carbocycles. The third-order valence-electron chi connectivity index (χ3n) is 2.42. The molecule has 1 N–H and O–H groups in total. The lowest BCUT2D eigenvalue weighted by Crippen LogP contribution is -2.44. The predicted molar refractivity (Wildman–Crippen MR) is 81.3 cm³/mol. The fourth-order valence-corrected chi connectivity index (χ4v) is 1.93. The lowest BCUT2D eigenvalue weighted by atomic mass is 10.1. The molecule has 1 aromatic carbocycles. The van der Waals surface area contributed by atoms with Crippen LogP contribution in [-0.4, -0.2) is 23.5 Å². The van der Waals surface area contributed by atoms with Crippen molar-refractivity contribution in [1.29, 1.82) is 0 Å². The highest BCUT2D eigenvalue weighted by molar-refractivity contribution is 9.10. The summed E-state index contributed by atoms with van der Waals surface area (Å²) < 4.78 is 6.30. The van der Waals surface area contributed by atoms with Gasteiger partial charge in [0.1, 0.15) is 11.6 Å². The highest BCUT2D eigenvalue weighted by Crippen LogP contribution is 2.14. The third-order valence-corrected chi connectivity index (χ3v) is 2.95. The van der Waals surface area contributed by atoms with Crippen LogP contribution in [0.1, 0.15) is 33.3 Å². The molecular formula is C15H20BrNO3. The Labute approximate surface area is 128 Å². The number of carbonyl (C=O) groups excluding carboxylic acids is 2. The van der Waals surface area contributed by atoms with Crippen LogP contribution in [0.3, 0.4) is 0 Å². The minimum absolute atomic E-state index is 0.252. The minimum atomic E-state index is -0.673. The Morgan fingerprint density at radius 1 is 1.25 bits per heavy atom. The minimum Gasteiger partial charge on any atom is -0.458 e. The summed E-state index contributed by atoms with van der Waals surface area (Å²) in [6.45, 7) is 6.79. The lowest BCUT2D eigenvalue weighted by Gasteiger charge is -2.24. The van der Waals surface area contributed by atoms with Crippen molar-refractivity contribution in [2.24, 2.45) is 0 Å². The van der Waals surface area contributed by atoms with Gasteiger partial charge in [0.05, 0.1) is 0 Å². The number of hydrogen-bond donors (Lipinski definition) is 1. The smallest absolute Gasteiger partial charge is 0.329 e. The van der Waals surface area contributed by atoms with E-state index >= 15 is 0 Å². The van der Waals surface area contributed by atoms with E-state index in [0.29, 0.717) is 6.42 Å². The molecule has 0 bridgehead atoms. The molecule has 0 radical (unpaired) electrons. The number of carbonyl (C=O) groups is 2. The van der Waals surface area contributed by atoms with Crippen LogP contribution < -0.4 is 5.32 Å². The molecule has 0 spiro atoms. The molecule has 0 aliphatic rings. The van der Waals surface area contributed by atoms with Crippen LogP contribution in [0, 0.1) is 0 Å². The zero-order chi connectivity index (χ0) is 15.3. The zero-order valence-corrected chi connectivity index (χ0v) is 13.8. The summed E-state index contributed by atoms with van der Waals surface area (Å²) in [6, 6.07) is 6.93. The molecule has 1 aromatic rings. The molecule has 0 saturated heterocycles. The Morgan fingerprint density at radius 2 is 1.80 bits per heavy atom. The molecule has 0 aliphatic heterocycles. The topological polar surface area (TPSA) is 55.4 Å². The van der Waals surface area contributed by atoms with Crippen molar-refractivity contribution in [1.82, 2.24) is 5.32 Å². The van der Waals surface area contributed by atoms with Gasteiger partial charge < -0.3 is 10.1 Å². The largest absolute Gasteiger partial charge is 0.458 e. The monoisotopic (exact) mass is 341 g/mol. The Balaban J connectivity index is 2.81. The van der Waals surface area contributed by atoms with Crippen LogP contribution in [0.25, 0.3) is 0 Å². The second-order valence-corrected chi connectivity index (χ2v) is 6.53. The highest BCUT2D eigenvalue weighted by Gasteiger charge is 2.26. The SMILES string of the molecule is CC(=O)NC(Cc1ccc(Br)cc1)C(=O)OC(C)(C)C. The Hall–Kier alpha value is -1.36. The zero-order valence-electron chi connectivity index (χ0n) is 12.2. The summed E-state index contributed by atoms with van der Waals surface area (Å²) in [5.74, 6) is -0.673.